The summed E-state index contributed by atoms with van der Waals surface area (Å²) in [5.74, 6) is -0.711. The second-order valence-corrected chi connectivity index (χ2v) is 12.4. The smallest absolute Gasteiger partial charge is 0.414 e. The van der Waals surface area contributed by atoms with Gasteiger partial charge in [-0.3, -0.25) is 0 Å². The van der Waals surface area contributed by atoms with E-state index in [0.29, 0.717) is 17.1 Å². The number of hydrogen-bond donors (Lipinski definition) is 2. The second-order valence-electron chi connectivity index (χ2n) is 10.8. The van der Waals surface area contributed by atoms with Gasteiger partial charge in [0.1, 0.15) is 11.8 Å². The Hall–Kier alpha value is -3.01. The largest absolute Gasteiger partial charge is 0.480 e. The molecule has 2 saturated carbocycles. The summed E-state index contributed by atoms with van der Waals surface area (Å²) in [6.45, 7) is 0. The van der Waals surface area contributed by atoms with Crippen LogP contribution in [-0.2, 0) is 21.1 Å². The third-order valence-corrected chi connectivity index (χ3v) is 8.73. The molecule has 3 aliphatic rings. The zero-order chi connectivity index (χ0) is 27.3. The number of carbonyl (C=O) groups is 2. The van der Waals surface area contributed by atoms with E-state index in [4.69, 9.17) is 4.74 Å². The zero-order valence-corrected chi connectivity index (χ0v) is 23.1. The molecule has 38 heavy (non-hydrogen) atoms. The standard InChI is InChI=1S/C28H39N3O6S/c1-30(2)28(34)37-23-15-13-20(14-16-23)17-24(27(32)33)29-25-18-38(35,36)19-26(25)31(21-9-5-3-6-10-21)22-11-7-4-8-12-22/h13-16,18-19,21-22,24,29H,3-12,17H2,1-2H3,(H,32,33)/t24-/m0/s1. The summed E-state index contributed by atoms with van der Waals surface area (Å²) in [6.07, 6.45) is 10.6. The third kappa shape index (κ3) is 7.09. The Morgan fingerprint density at radius 3 is 2.00 bits per heavy atom. The van der Waals surface area contributed by atoms with Crippen molar-refractivity contribution in [1.29, 1.82) is 0 Å². The van der Waals surface area contributed by atoms with E-state index in [1.165, 1.54) is 28.6 Å². The molecule has 208 valence electrons. The van der Waals surface area contributed by atoms with Gasteiger partial charge >= 0.3 is 12.1 Å². The molecule has 0 saturated heterocycles. The van der Waals surface area contributed by atoms with Gasteiger partial charge in [-0.2, -0.15) is 0 Å². The highest BCUT2D eigenvalue weighted by Gasteiger charge is 2.36. The van der Waals surface area contributed by atoms with Gasteiger partial charge in [0.25, 0.3) is 0 Å². The van der Waals surface area contributed by atoms with E-state index in [9.17, 15) is 23.1 Å². The molecule has 0 spiro atoms. The molecule has 9 nitrogen and oxygen atoms in total. The Morgan fingerprint density at radius 1 is 0.947 bits per heavy atom. The minimum absolute atomic E-state index is 0.134. The summed E-state index contributed by atoms with van der Waals surface area (Å²) >= 11 is 0. The van der Waals surface area contributed by atoms with Crippen LogP contribution in [0.15, 0.2) is 46.5 Å². The molecule has 2 N–H and O–H groups in total. The number of nitrogens with one attached hydrogen (secondary N) is 1. The zero-order valence-electron chi connectivity index (χ0n) is 22.3. The fourth-order valence-electron chi connectivity index (χ4n) is 5.70. The van der Waals surface area contributed by atoms with Gasteiger partial charge in [-0.25, -0.2) is 18.0 Å². The highest BCUT2D eigenvalue weighted by atomic mass is 32.2. The first kappa shape index (κ1) is 28.0. The lowest BCUT2D eigenvalue weighted by Gasteiger charge is -2.44. The van der Waals surface area contributed by atoms with Gasteiger partial charge in [0.05, 0.1) is 22.2 Å². The summed E-state index contributed by atoms with van der Waals surface area (Å²) in [6, 6.07) is 6.15. The van der Waals surface area contributed by atoms with Crippen molar-refractivity contribution >= 4 is 21.9 Å². The van der Waals surface area contributed by atoms with Crippen molar-refractivity contribution in [2.45, 2.75) is 88.8 Å². The molecule has 0 bridgehead atoms. The monoisotopic (exact) mass is 545 g/mol. The highest BCUT2D eigenvalue weighted by molar-refractivity contribution is 7.97. The van der Waals surface area contributed by atoms with E-state index >= 15 is 0 Å². The molecule has 1 aromatic carbocycles. The van der Waals surface area contributed by atoms with Crippen LogP contribution in [0.1, 0.15) is 69.8 Å². The van der Waals surface area contributed by atoms with Gasteiger partial charge in [0.2, 0.25) is 0 Å². The number of carboxylic acid groups (broad SMARTS) is 1. The Kier molecular flexibility index (Phi) is 9.02. The first-order valence-electron chi connectivity index (χ1n) is 13.6. The van der Waals surface area contributed by atoms with Gasteiger partial charge in [-0.05, 0) is 43.4 Å². The van der Waals surface area contributed by atoms with Crippen LogP contribution in [-0.4, -0.2) is 67.6 Å². The maximum atomic E-state index is 12.8. The number of amides is 1. The number of carbonyl (C=O) groups excluding carboxylic acids is 1. The number of hydrogen-bond acceptors (Lipinski definition) is 7. The quantitative estimate of drug-likeness (QED) is 0.469. The molecule has 0 radical (unpaired) electrons. The number of benzene rings is 1. The van der Waals surface area contributed by atoms with Crippen molar-refractivity contribution in [3.8, 4) is 5.75 Å². The summed E-state index contributed by atoms with van der Waals surface area (Å²) in [5, 5.41) is 15.6. The van der Waals surface area contributed by atoms with Crippen LogP contribution in [0.4, 0.5) is 4.79 Å². The Bertz CT molecular complexity index is 1150. The van der Waals surface area contributed by atoms with Gasteiger partial charge in [0, 0.05) is 32.6 Å². The minimum Gasteiger partial charge on any atom is -0.480 e. The number of sulfone groups is 1. The molecule has 1 aliphatic heterocycles. The van der Waals surface area contributed by atoms with Gasteiger partial charge in [-0.1, -0.05) is 50.7 Å². The maximum absolute atomic E-state index is 12.8. The predicted molar refractivity (Wildman–Crippen MR) is 145 cm³/mol. The van der Waals surface area contributed by atoms with Crippen LogP contribution < -0.4 is 10.1 Å². The minimum atomic E-state index is -3.61. The molecule has 2 fully saturated rings. The molecule has 1 atom stereocenters. The average molecular weight is 546 g/mol. The highest BCUT2D eigenvalue weighted by Crippen LogP contribution is 2.37. The fraction of sp³-hybridized carbons (Fsp3) is 0.571. The molecule has 0 aromatic heterocycles. The molecular formula is C28H39N3O6S. The normalized spacial score (nSPS) is 20.7. The van der Waals surface area contributed by atoms with E-state index < -0.39 is 27.9 Å². The summed E-state index contributed by atoms with van der Waals surface area (Å²) in [4.78, 5) is 27.7. The van der Waals surface area contributed by atoms with Crippen LogP contribution >= 0.6 is 0 Å². The number of nitrogens with zero attached hydrogens (tertiary/aromatic N) is 2. The van der Waals surface area contributed by atoms with Crippen molar-refractivity contribution in [2.24, 2.45) is 0 Å². The lowest BCUT2D eigenvalue weighted by atomic mass is 9.88. The van der Waals surface area contributed by atoms with Gasteiger partial charge in [0.15, 0.2) is 9.84 Å². The second kappa shape index (κ2) is 12.2. The van der Waals surface area contributed by atoms with Gasteiger partial charge in [-0.15, -0.1) is 0 Å². The third-order valence-electron chi connectivity index (χ3n) is 7.61. The SMILES string of the molecule is CN(C)C(=O)Oc1ccc(C[C@H](NC2=CS(=O)(=O)C=C2N(C2CCCCC2)C2CCCCC2)C(=O)O)cc1. The number of rotatable bonds is 9. The number of carboxylic acids is 1. The lowest BCUT2D eigenvalue weighted by Crippen LogP contribution is -2.47. The van der Waals surface area contributed by atoms with E-state index in [0.717, 1.165) is 56.9 Å². The number of aliphatic carboxylic acids is 1. The maximum Gasteiger partial charge on any atom is 0.414 e. The molecule has 1 aromatic rings. The summed E-state index contributed by atoms with van der Waals surface area (Å²) in [7, 11) is -0.434. The summed E-state index contributed by atoms with van der Waals surface area (Å²) < 4.78 is 30.8. The van der Waals surface area contributed by atoms with Crippen molar-refractivity contribution in [1.82, 2.24) is 15.1 Å². The molecule has 10 heteroatoms. The van der Waals surface area contributed by atoms with E-state index in [1.54, 1.807) is 38.4 Å². The molecule has 1 amide bonds. The lowest BCUT2D eigenvalue weighted by molar-refractivity contribution is -0.139. The molecule has 1 heterocycles. The number of ether oxygens (including phenoxy) is 1. The Labute approximate surface area is 225 Å². The first-order valence-corrected chi connectivity index (χ1v) is 15.2. The van der Waals surface area contributed by atoms with Gasteiger partial charge < -0.3 is 25.0 Å². The van der Waals surface area contributed by atoms with E-state index in [2.05, 4.69) is 10.2 Å². The molecular weight excluding hydrogens is 506 g/mol. The van der Waals surface area contributed by atoms with E-state index in [-0.39, 0.29) is 18.5 Å². The van der Waals surface area contributed by atoms with Crippen LogP contribution in [0.25, 0.3) is 0 Å². The fourth-order valence-corrected chi connectivity index (χ4v) is 6.85. The average Bonchev–Trinajstić information content (AvgIpc) is 3.19. The topological polar surface area (TPSA) is 116 Å². The first-order chi connectivity index (χ1) is 18.1. The van der Waals surface area contributed by atoms with Crippen molar-refractivity contribution < 1.29 is 27.9 Å². The summed E-state index contributed by atoms with van der Waals surface area (Å²) in [5.41, 5.74) is 1.70. The Morgan fingerprint density at radius 2 is 1.50 bits per heavy atom. The van der Waals surface area contributed by atoms with E-state index in [1.807, 2.05) is 0 Å². The Balaban J connectivity index is 1.54. The predicted octanol–water partition coefficient (Wildman–Crippen LogP) is 4.41. The molecule has 4 rings (SSSR count). The van der Waals surface area contributed by atoms with Crippen LogP contribution in [0, 0.1) is 0 Å². The van der Waals surface area contributed by atoms with Crippen molar-refractivity contribution in [3.05, 3.63) is 52.0 Å². The van der Waals surface area contributed by atoms with Crippen molar-refractivity contribution in [3.63, 3.8) is 0 Å². The molecule has 2 aliphatic carbocycles. The molecule has 0 unspecified atom stereocenters. The van der Waals surface area contributed by atoms with Crippen LogP contribution in [0.5, 0.6) is 5.75 Å². The van der Waals surface area contributed by atoms with Crippen LogP contribution in [0.2, 0.25) is 0 Å². The van der Waals surface area contributed by atoms with Crippen LogP contribution in [0.3, 0.4) is 0 Å². The van der Waals surface area contributed by atoms with Crippen molar-refractivity contribution in [2.75, 3.05) is 14.1 Å².